The predicted octanol–water partition coefficient (Wildman–Crippen LogP) is 3.73. The number of benzene rings is 1. The van der Waals surface area contributed by atoms with Gasteiger partial charge in [0.15, 0.2) is 0 Å². The lowest BCUT2D eigenvalue weighted by molar-refractivity contribution is 0.400. The molecule has 1 aromatic carbocycles. The van der Waals surface area contributed by atoms with E-state index in [-0.39, 0.29) is 5.54 Å². The summed E-state index contributed by atoms with van der Waals surface area (Å²) >= 11 is 0. The molecule has 0 aliphatic heterocycles. The van der Waals surface area contributed by atoms with E-state index in [9.17, 15) is 0 Å². The number of hydrogen-bond donors (Lipinski definition) is 1. The van der Waals surface area contributed by atoms with E-state index in [2.05, 4.69) is 57.0 Å². The third-order valence-corrected chi connectivity index (χ3v) is 4.05. The van der Waals surface area contributed by atoms with Crippen molar-refractivity contribution in [2.75, 3.05) is 18.5 Å². The lowest BCUT2D eigenvalue weighted by Crippen LogP contribution is -2.50. The summed E-state index contributed by atoms with van der Waals surface area (Å²) in [5.41, 5.74) is 8.70. The Balaban J connectivity index is 2.84. The van der Waals surface area contributed by atoms with Gasteiger partial charge in [-0.1, -0.05) is 44.4 Å². The molecule has 0 bridgehead atoms. The Morgan fingerprint density at radius 3 is 2.44 bits per heavy atom. The minimum atomic E-state index is 0.0568. The molecule has 0 aliphatic carbocycles. The lowest BCUT2D eigenvalue weighted by atomic mass is 9.91. The van der Waals surface area contributed by atoms with E-state index in [0.29, 0.717) is 6.54 Å². The van der Waals surface area contributed by atoms with Crippen LogP contribution in [-0.4, -0.2) is 19.1 Å². The van der Waals surface area contributed by atoms with Crippen molar-refractivity contribution in [3.05, 3.63) is 29.8 Å². The highest BCUT2D eigenvalue weighted by atomic mass is 15.2. The van der Waals surface area contributed by atoms with E-state index in [1.165, 1.54) is 30.5 Å². The van der Waals surface area contributed by atoms with E-state index in [1.54, 1.807) is 0 Å². The standard InChI is InChI=1S/C16H28N2/c1-5-6-9-12-16(3,13-17)18(4)15-11-8-7-10-14(15)2/h7-8,10-11H,5-6,9,12-13,17H2,1-4H3. The Kier molecular flexibility index (Phi) is 5.67. The predicted molar refractivity (Wildman–Crippen MR) is 81.2 cm³/mol. The number of para-hydroxylation sites is 1. The molecule has 0 saturated carbocycles. The molecule has 0 fully saturated rings. The Labute approximate surface area is 112 Å². The fraction of sp³-hybridized carbons (Fsp3) is 0.625. The highest BCUT2D eigenvalue weighted by molar-refractivity contribution is 5.54. The highest BCUT2D eigenvalue weighted by Gasteiger charge is 2.27. The molecule has 1 atom stereocenters. The second-order valence-corrected chi connectivity index (χ2v) is 5.50. The van der Waals surface area contributed by atoms with Gasteiger partial charge in [0.05, 0.1) is 0 Å². The maximum Gasteiger partial charge on any atom is 0.0493 e. The van der Waals surface area contributed by atoms with Crippen molar-refractivity contribution in [3.63, 3.8) is 0 Å². The zero-order valence-electron chi connectivity index (χ0n) is 12.4. The van der Waals surface area contributed by atoms with Crippen LogP contribution in [0.2, 0.25) is 0 Å². The van der Waals surface area contributed by atoms with Crippen LogP contribution in [0.25, 0.3) is 0 Å². The van der Waals surface area contributed by atoms with Crippen LogP contribution in [0.5, 0.6) is 0 Å². The van der Waals surface area contributed by atoms with Crippen molar-refractivity contribution in [1.82, 2.24) is 0 Å². The van der Waals surface area contributed by atoms with Gasteiger partial charge in [-0.2, -0.15) is 0 Å². The molecular weight excluding hydrogens is 220 g/mol. The Morgan fingerprint density at radius 1 is 1.22 bits per heavy atom. The van der Waals surface area contributed by atoms with Crippen LogP contribution in [0.3, 0.4) is 0 Å². The van der Waals surface area contributed by atoms with Crippen LogP contribution >= 0.6 is 0 Å². The van der Waals surface area contributed by atoms with Gasteiger partial charge in [-0.15, -0.1) is 0 Å². The molecule has 0 aliphatic rings. The Morgan fingerprint density at radius 2 is 1.89 bits per heavy atom. The van der Waals surface area contributed by atoms with Gasteiger partial charge in [-0.05, 0) is 31.9 Å². The maximum atomic E-state index is 6.04. The molecular formula is C16H28N2. The molecule has 0 saturated heterocycles. The van der Waals surface area contributed by atoms with Crippen LogP contribution in [-0.2, 0) is 0 Å². The van der Waals surface area contributed by atoms with Crippen LogP contribution < -0.4 is 10.6 Å². The van der Waals surface area contributed by atoms with Gasteiger partial charge in [-0.25, -0.2) is 0 Å². The number of aryl methyl sites for hydroxylation is 1. The molecule has 0 spiro atoms. The van der Waals surface area contributed by atoms with Crippen LogP contribution in [0.4, 0.5) is 5.69 Å². The number of rotatable bonds is 7. The van der Waals surface area contributed by atoms with E-state index < -0.39 is 0 Å². The number of unbranched alkanes of at least 4 members (excludes halogenated alkanes) is 2. The van der Waals surface area contributed by atoms with E-state index in [0.717, 1.165) is 6.42 Å². The van der Waals surface area contributed by atoms with Crippen molar-refractivity contribution in [3.8, 4) is 0 Å². The topological polar surface area (TPSA) is 29.3 Å². The van der Waals surface area contributed by atoms with Gasteiger partial charge < -0.3 is 10.6 Å². The molecule has 1 unspecified atom stereocenters. The fourth-order valence-corrected chi connectivity index (χ4v) is 2.39. The van der Waals surface area contributed by atoms with Crippen molar-refractivity contribution in [1.29, 1.82) is 0 Å². The van der Waals surface area contributed by atoms with E-state index >= 15 is 0 Å². The Hall–Kier alpha value is -1.02. The van der Waals surface area contributed by atoms with Crippen molar-refractivity contribution in [2.45, 2.75) is 52.0 Å². The van der Waals surface area contributed by atoms with Crippen LogP contribution in [0, 0.1) is 6.92 Å². The first-order valence-electron chi connectivity index (χ1n) is 7.04. The van der Waals surface area contributed by atoms with Crippen molar-refractivity contribution < 1.29 is 0 Å². The molecule has 1 rings (SSSR count). The van der Waals surface area contributed by atoms with Gasteiger partial charge in [0.25, 0.3) is 0 Å². The molecule has 2 N–H and O–H groups in total. The third kappa shape index (κ3) is 3.49. The molecule has 0 heterocycles. The summed E-state index contributed by atoms with van der Waals surface area (Å²) in [6.07, 6.45) is 4.95. The zero-order valence-corrected chi connectivity index (χ0v) is 12.4. The van der Waals surface area contributed by atoms with Gasteiger partial charge >= 0.3 is 0 Å². The van der Waals surface area contributed by atoms with Gasteiger partial charge in [-0.3, -0.25) is 0 Å². The minimum Gasteiger partial charge on any atom is -0.368 e. The summed E-state index contributed by atoms with van der Waals surface area (Å²) < 4.78 is 0. The molecule has 0 aromatic heterocycles. The average Bonchev–Trinajstić information content (AvgIpc) is 2.38. The Bertz CT molecular complexity index is 362. The smallest absolute Gasteiger partial charge is 0.0493 e. The number of nitrogens with zero attached hydrogens (tertiary/aromatic N) is 1. The number of nitrogens with two attached hydrogens (primary N) is 1. The lowest BCUT2D eigenvalue weighted by Gasteiger charge is -2.40. The summed E-state index contributed by atoms with van der Waals surface area (Å²) in [5.74, 6) is 0. The first-order chi connectivity index (χ1) is 8.55. The fourth-order valence-electron chi connectivity index (χ4n) is 2.39. The third-order valence-electron chi connectivity index (χ3n) is 4.05. The van der Waals surface area contributed by atoms with Crippen LogP contribution in [0.1, 0.15) is 45.1 Å². The van der Waals surface area contributed by atoms with E-state index in [4.69, 9.17) is 5.73 Å². The monoisotopic (exact) mass is 248 g/mol. The second-order valence-electron chi connectivity index (χ2n) is 5.50. The zero-order chi connectivity index (χ0) is 13.6. The maximum absolute atomic E-state index is 6.04. The highest BCUT2D eigenvalue weighted by Crippen LogP contribution is 2.28. The average molecular weight is 248 g/mol. The number of hydrogen-bond acceptors (Lipinski definition) is 2. The molecule has 2 nitrogen and oxygen atoms in total. The van der Waals surface area contributed by atoms with Crippen molar-refractivity contribution in [2.24, 2.45) is 5.73 Å². The van der Waals surface area contributed by atoms with Crippen molar-refractivity contribution >= 4 is 5.69 Å². The minimum absolute atomic E-state index is 0.0568. The molecule has 0 radical (unpaired) electrons. The van der Waals surface area contributed by atoms with E-state index in [1.807, 2.05) is 0 Å². The molecule has 1 aromatic rings. The molecule has 18 heavy (non-hydrogen) atoms. The van der Waals surface area contributed by atoms with Gasteiger partial charge in [0, 0.05) is 24.8 Å². The summed E-state index contributed by atoms with van der Waals surface area (Å²) in [4.78, 5) is 2.36. The van der Waals surface area contributed by atoms with Crippen LogP contribution in [0.15, 0.2) is 24.3 Å². The first-order valence-corrected chi connectivity index (χ1v) is 7.04. The number of anilines is 1. The summed E-state index contributed by atoms with van der Waals surface area (Å²) in [5, 5.41) is 0. The quantitative estimate of drug-likeness (QED) is 0.745. The normalized spacial score (nSPS) is 14.3. The second kappa shape index (κ2) is 6.79. The summed E-state index contributed by atoms with van der Waals surface area (Å²) in [6, 6.07) is 8.53. The summed E-state index contributed by atoms with van der Waals surface area (Å²) in [7, 11) is 2.17. The largest absolute Gasteiger partial charge is 0.368 e. The first kappa shape index (κ1) is 15.0. The molecule has 0 amide bonds. The summed E-state index contributed by atoms with van der Waals surface area (Å²) in [6.45, 7) is 7.37. The molecule has 102 valence electrons. The van der Waals surface area contributed by atoms with Gasteiger partial charge in [0.1, 0.15) is 0 Å². The SMILES string of the molecule is CCCCCC(C)(CN)N(C)c1ccccc1C. The van der Waals surface area contributed by atoms with Gasteiger partial charge in [0.2, 0.25) is 0 Å². The molecule has 2 heteroatoms. The number of likely N-dealkylation sites (N-methyl/N-ethyl adjacent to an activating group) is 1.